The molecular formula is C11H16BrN3. The van der Waals surface area contributed by atoms with Crippen LogP contribution in [0.15, 0.2) is 22.8 Å². The topological polar surface area (TPSA) is 50.9 Å². The Labute approximate surface area is 98.6 Å². The Morgan fingerprint density at radius 3 is 2.87 bits per heavy atom. The zero-order chi connectivity index (χ0) is 10.7. The van der Waals surface area contributed by atoms with Crippen LogP contribution in [0.2, 0.25) is 0 Å². The maximum absolute atomic E-state index is 5.55. The Morgan fingerprint density at radius 1 is 1.53 bits per heavy atom. The van der Waals surface area contributed by atoms with Gasteiger partial charge in [-0.1, -0.05) is 12.8 Å². The van der Waals surface area contributed by atoms with Gasteiger partial charge in [0.1, 0.15) is 0 Å². The molecule has 0 aliphatic heterocycles. The first-order valence-electron chi connectivity index (χ1n) is 5.37. The van der Waals surface area contributed by atoms with Gasteiger partial charge in [-0.2, -0.15) is 0 Å². The Hall–Kier alpha value is -0.450. The number of nitrogens with two attached hydrogens (primary N) is 1. The van der Waals surface area contributed by atoms with Crippen molar-refractivity contribution >= 4 is 15.9 Å². The van der Waals surface area contributed by atoms with Crippen molar-refractivity contribution in [3.05, 3.63) is 28.5 Å². The summed E-state index contributed by atoms with van der Waals surface area (Å²) in [5.41, 5.74) is 3.87. The summed E-state index contributed by atoms with van der Waals surface area (Å²) in [6.45, 7) is 0. The number of halogens is 1. The van der Waals surface area contributed by atoms with Crippen LogP contribution in [-0.4, -0.2) is 4.98 Å². The lowest BCUT2D eigenvalue weighted by Gasteiger charge is -2.14. The summed E-state index contributed by atoms with van der Waals surface area (Å²) in [6.07, 6.45) is 6.94. The molecule has 0 bridgehead atoms. The Bertz CT molecular complexity index is 308. The second-order valence-corrected chi connectivity index (χ2v) is 5.06. The van der Waals surface area contributed by atoms with Crippen LogP contribution in [0.4, 0.5) is 0 Å². The van der Waals surface area contributed by atoms with Gasteiger partial charge in [0.2, 0.25) is 0 Å². The number of hydrazine groups is 1. The molecule has 1 aromatic heterocycles. The van der Waals surface area contributed by atoms with Crippen molar-refractivity contribution in [1.29, 1.82) is 0 Å². The molecule has 3 nitrogen and oxygen atoms in total. The average Bonchev–Trinajstić information content (AvgIpc) is 3.05. The normalized spacial score (nSPS) is 17.7. The number of aromatic nitrogens is 1. The quantitative estimate of drug-likeness (QED) is 0.638. The van der Waals surface area contributed by atoms with E-state index in [1.807, 2.05) is 18.3 Å². The van der Waals surface area contributed by atoms with Crippen molar-refractivity contribution in [2.45, 2.75) is 31.7 Å². The van der Waals surface area contributed by atoms with Crippen molar-refractivity contribution in [3.63, 3.8) is 0 Å². The van der Waals surface area contributed by atoms with Crippen LogP contribution in [0, 0.1) is 5.92 Å². The first-order chi connectivity index (χ1) is 7.29. The van der Waals surface area contributed by atoms with Crippen LogP contribution >= 0.6 is 15.9 Å². The summed E-state index contributed by atoms with van der Waals surface area (Å²) in [7, 11) is 0. The number of hydrogen-bond acceptors (Lipinski definition) is 3. The van der Waals surface area contributed by atoms with E-state index in [4.69, 9.17) is 5.84 Å². The SMILES string of the molecule is NNC(CCC1CC1)c1ccc(Br)cn1. The summed E-state index contributed by atoms with van der Waals surface area (Å²) in [6, 6.07) is 4.21. The van der Waals surface area contributed by atoms with Crippen LogP contribution in [0.1, 0.15) is 37.4 Å². The van der Waals surface area contributed by atoms with Crippen molar-refractivity contribution < 1.29 is 0 Å². The highest BCUT2D eigenvalue weighted by Crippen LogP contribution is 2.35. The molecule has 82 valence electrons. The van der Waals surface area contributed by atoms with Crippen molar-refractivity contribution in [2.24, 2.45) is 11.8 Å². The molecule has 1 aromatic rings. The molecule has 4 heteroatoms. The monoisotopic (exact) mass is 269 g/mol. The third kappa shape index (κ3) is 3.26. The van der Waals surface area contributed by atoms with E-state index < -0.39 is 0 Å². The molecule has 1 unspecified atom stereocenters. The third-order valence-electron chi connectivity index (χ3n) is 2.87. The van der Waals surface area contributed by atoms with E-state index in [9.17, 15) is 0 Å². The molecule has 3 N–H and O–H groups in total. The molecular weight excluding hydrogens is 254 g/mol. The molecule has 1 fully saturated rings. The summed E-state index contributed by atoms with van der Waals surface area (Å²) in [5, 5.41) is 0. The molecule has 1 aliphatic carbocycles. The summed E-state index contributed by atoms with van der Waals surface area (Å²) in [5.74, 6) is 6.49. The first-order valence-corrected chi connectivity index (χ1v) is 6.16. The number of pyridine rings is 1. The molecule has 1 heterocycles. The number of nitrogens with one attached hydrogen (secondary N) is 1. The third-order valence-corrected chi connectivity index (χ3v) is 3.34. The molecule has 1 saturated carbocycles. The maximum Gasteiger partial charge on any atom is 0.0632 e. The van der Waals surface area contributed by atoms with Gasteiger partial charge >= 0.3 is 0 Å². The Balaban J connectivity index is 1.94. The first kappa shape index (κ1) is 11.0. The maximum atomic E-state index is 5.55. The van der Waals surface area contributed by atoms with Gasteiger partial charge in [-0.3, -0.25) is 16.3 Å². The van der Waals surface area contributed by atoms with E-state index in [-0.39, 0.29) is 6.04 Å². The van der Waals surface area contributed by atoms with E-state index in [1.165, 1.54) is 19.3 Å². The van der Waals surface area contributed by atoms with Crippen LogP contribution in [0.5, 0.6) is 0 Å². The number of nitrogens with zero attached hydrogens (tertiary/aromatic N) is 1. The van der Waals surface area contributed by atoms with Crippen molar-refractivity contribution in [1.82, 2.24) is 10.4 Å². The fourth-order valence-corrected chi connectivity index (χ4v) is 1.95. The fraction of sp³-hybridized carbons (Fsp3) is 0.545. The van der Waals surface area contributed by atoms with E-state index in [0.29, 0.717) is 0 Å². The van der Waals surface area contributed by atoms with Gasteiger partial charge < -0.3 is 0 Å². The second-order valence-electron chi connectivity index (χ2n) is 4.14. The van der Waals surface area contributed by atoms with Gasteiger partial charge in [0, 0.05) is 10.7 Å². The fourth-order valence-electron chi connectivity index (χ4n) is 1.72. The van der Waals surface area contributed by atoms with Crippen LogP contribution < -0.4 is 11.3 Å². The van der Waals surface area contributed by atoms with Crippen LogP contribution in [0.3, 0.4) is 0 Å². The zero-order valence-electron chi connectivity index (χ0n) is 8.62. The Morgan fingerprint density at radius 2 is 2.33 bits per heavy atom. The van der Waals surface area contributed by atoms with E-state index in [2.05, 4.69) is 26.3 Å². The number of hydrogen-bond donors (Lipinski definition) is 2. The summed E-state index contributed by atoms with van der Waals surface area (Å²) < 4.78 is 1.00. The second kappa shape index (κ2) is 5.05. The van der Waals surface area contributed by atoms with Gasteiger partial charge in [0.05, 0.1) is 11.7 Å². The molecule has 2 rings (SSSR count). The molecule has 0 radical (unpaired) electrons. The van der Waals surface area contributed by atoms with Crippen molar-refractivity contribution in [3.8, 4) is 0 Å². The highest BCUT2D eigenvalue weighted by molar-refractivity contribution is 9.10. The predicted octanol–water partition coefficient (Wildman–Crippen LogP) is 2.54. The lowest BCUT2D eigenvalue weighted by atomic mass is 10.1. The highest BCUT2D eigenvalue weighted by Gasteiger charge is 2.23. The Kier molecular flexibility index (Phi) is 3.72. The lowest BCUT2D eigenvalue weighted by Crippen LogP contribution is -2.28. The van der Waals surface area contributed by atoms with Crippen molar-refractivity contribution in [2.75, 3.05) is 0 Å². The lowest BCUT2D eigenvalue weighted by molar-refractivity contribution is 0.472. The van der Waals surface area contributed by atoms with Gasteiger partial charge in [0.15, 0.2) is 0 Å². The van der Waals surface area contributed by atoms with E-state index in [0.717, 1.165) is 22.5 Å². The smallest absolute Gasteiger partial charge is 0.0632 e. The number of rotatable bonds is 5. The van der Waals surface area contributed by atoms with Gasteiger partial charge in [-0.25, -0.2) is 0 Å². The molecule has 1 aliphatic rings. The summed E-state index contributed by atoms with van der Waals surface area (Å²) >= 11 is 3.37. The minimum atomic E-state index is 0.193. The van der Waals surface area contributed by atoms with Gasteiger partial charge in [-0.05, 0) is 46.8 Å². The molecule has 0 aromatic carbocycles. The molecule has 15 heavy (non-hydrogen) atoms. The standard InChI is InChI=1S/C11H16BrN3/c12-9-4-6-10(14-7-9)11(15-13)5-3-8-1-2-8/h4,6-8,11,15H,1-3,5,13H2. The minimum absolute atomic E-state index is 0.193. The molecule has 0 spiro atoms. The van der Waals surface area contributed by atoms with E-state index >= 15 is 0 Å². The van der Waals surface area contributed by atoms with Crippen LogP contribution in [-0.2, 0) is 0 Å². The molecule has 0 amide bonds. The molecule has 0 saturated heterocycles. The summed E-state index contributed by atoms with van der Waals surface area (Å²) in [4.78, 5) is 4.36. The predicted molar refractivity (Wildman–Crippen MR) is 64.0 cm³/mol. The van der Waals surface area contributed by atoms with Crippen LogP contribution in [0.25, 0.3) is 0 Å². The van der Waals surface area contributed by atoms with E-state index in [1.54, 1.807) is 0 Å². The largest absolute Gasteiger partial charge is 0.271 e. The zero-order valence-corrected chi connectivity index (χ0v) is 10.2. The average molecular weight is 270 g/mol. The molecule has 1 atom stereocenters. The highest BCUT2D eigenvalue weighted by atomic mass is 79.9. The van der Waals surface area contributed by atoms with Gasteiger partial charge in [-0.15, -0.1) is 0 Å². The van der Waals surface area contributed by atoms with Gasteiger partial charge in [0.25, 0.3) is 0 Å². The minimum Gasteiger partial charge on any atom is -0.271 e.